The SMILES string of the molecule is CC(C)CC(C)NCC(C)O. The zero-order chi connectivity index (χ0) is 8.85. The summed E-state index contributed by atoms with van der Waals surface area (Å²) in [5.74, 6) is 0.728. The van der Waals surface area contributed by atoms with Gasteiger partial charge in [0.1, 0.15) is 0 Å². The Bertz CT molecular complexity index is 91.6. The van der Waals surface area contributed by atoms with Crippen LogP contribution in [0.5, 0.6) is 0 Å². The number of rotatable bonds is 5. The molecule has 0 aliphatic carbocycles. The summed E-state index contributed by atoms with van der Waals surface area (Å²) in [5.41, 5.74) is 0. The second-order valence-electron chi connectivity index (χ2n) is 3.79. The van der Waals surface area contributed by atoms with Crippen LogP contribution in [0.3, 0.4) is 0 Å². The van der Waals surface area contributed by atoms with E-state index in [0.717, 1.165) is 5.92 Å². The van der Waals surface area contributed by atoms with Crippen LogP contribution < -0.4 is 5.32 Å². The first-order valence-corrected chi connectivity index (χ1v) is 4.43. The van der Waals surface area contributed by atoms with E-state index in [4.69, 9.17) is 5.11 Å². The van der Waals surface area contributed by atoms with Crippen molar-refractivity contribution in [1.82, 2.24) is 5.32 Å². The molecule has 0 heterocycles. The van der Waals surface area contributed by atoms with E-state index in [1.54, 1.807) is 6.92 Å². The highest BCUT2D eigenvalue weighted by Crippen LogP contribution is 2.03. The molecular formula is C9H21NO. The average molecular weight is 159 g/mol. The van der Waals surface area contributed by atoms with Crippen molar-refractivity contribution in [3.8, 4) is 0 Å². The van der Waals surface area contributed by atoms with E-state index in [0.29, 0.717) is 12.6 Å². The molecule has 2 heteroatoms. The molecule has 2 N–H and O–H groups in total. The molecule has 0 fully saturated rings. The Balaban J connectivity index is 3.29. The molecule has 0 amide bonds. The van der Waals surface area contributed by atoms with Gasteiger partial charge in [-0.3, -0.25) is 0 Å². The first kappa shape index (κ1) is 10.9. The van der Waals surface area contributed by atoms with E-state index >= 15 is 0 Å². The van der Waals surface area contributed by atoms with Crippen molar-refractivity contribution < 1.29 is 5.11 Å². The summed E-state index contributed by atoms with van der Waals surface area (Å²) >= 11 is 0. The highest BCUT2D eigenvalue weighted by Gasteiger charge is 2.04. The molecule has 0 saturated heterocycles. The van der Waals surface area contributed by atoms with Crippen LogP contribution in [0.25, 0.3) is 0 Å². The molecule has 11 heavy (non-hydrogen) atoms. The van der Waals surface area contributed by atoms with Crippen molar-refractivity contribution in [2.24, 2.45) is 5.92 Å². The maximum Gasteiger partial charge on any atom is 0.0636 e. The Kier molecular flexibility index (Phi) is 5.51. The van der Waals surface area contributed by atoms with Gasteiger partial charge in [0.15, 0.2) is 0 Å². The molecule has 0 bridgehead atoms. The van der Waals surface area contributed by atoms with Crippen LogP contribution in [0.4, 0.5) is 0 Å². The fourth-order valence-electron chi connectivity index (χ4n) is 1.16. The molecule has 0 spiro atoms. The molecule has 0 aliphatic heterocycles. The summed E-state index contributed by atoms with van der Waals surface area (Å²) < 4.78 is 0. The van der Waals surface area contributed by atoms with Gasteiger partial charge in [-0.05, 0) is 26.2 Å². The van der Waals surface area contributed by atoms with Crippen LogP contribution in [0.1, 0.15) is 34.1 Å². The number of hydrogen-bond donors (Lipinski definition) is 2. The van der Waals surface area contributed by atoms with Crippen molar-refractivity contribution in [2.75, 3.05) is 6.54 Å². The largest absolute Gasteiger partial charge is 0.392 e. The van der Waals surface area contributed by atoms with E-state index in [2.05, 4.69) is 26.1 Å². The van der Waals surface area contributed by atoms with Crippen molar-refractivity contribution >= 4 is 0 Å². The minimum absolute atomic E-state index is 0.232. The highest BCUT2D eigenvalue weighted by molar-refractivity contribution is 4.64. The van der Waals surface area contributed by atoms with Crippen LogP contribution >= 0.6 is 0 Å². The molecule has 0 saturated carbocycles. The lowest BCUT2D eigenvalue weighted by Crippen LogP contribution is -2.33. The molecule has 0 radical (unpaired) electrons. The fraction of sp³-hybridized carbons (Fsp3) is 1.00. The van der Waals surface area contributed by atoms with Gasteiger partial charge in [-0.1, -0.05) is 13.8 Å². The van der Waals surface area contributed by atoms with E-state index in [1.165, 1.54) is 6.42 Å². The summed E-state index contributed by atoms with van der Waals surface area (Å²) in [6.45, 7) is 9.08. The van der Waals surface area contributed by atoms with Gasteiger partial charge >= 0.3 is 0 Å². The van der Waals surface area contributed by atoms with Crippen LogP contribution in [0, 0.1) is 5.92 Å². The Morgan fingerprint density at radius 1 is 1.18 bits per heavy atom. The third-order valence-corrected chi connectivity index (χ3v) is 1.59. The van der Waals surface area contributed by atoms with Crippen molar-refractivity contribution in [1.29, 1.82) is 0 Å². The monoisotopic (exact) mass is 159 g/mol. The van der Waals surface area contributed by atoms with Gasteiger partial charge in [-0.25, -0.2) is 0 Å². The van der Waals surface area contributed by atoms with Gasteiger partial charge in [0.25, 0.3) is 0 Å². The third kappa shape index (κ3) is 7.82. The maximum atomic E-state index is 8.97. The standard InChI is InChI=1S/C9H21NO/c1-7(2)5-8(3)10-6-9(4)11/h7-11H,5-6H2,1-4H3. The Morgan fingerprint density at radius 2 is 1.73 bits per heavy atom. The Labute approximate surface area is 70.0 Å². The molecule has 0 rings (SSSR count). The fourth-order valence-corrected chi connectivity index (χ4v) is 1.16. The lowest BCUT2D eigenvalue weighted by atomic mass is 10.1. The maximum absolute atomic E-state index is 8.97. The lowest BCUT2D eigenvalue weighted by molar-refractivity contribution is 0.185. The van der Waals surface area contributed by atoms with Crippen molar-refractivity contribution in [2.45, 2.75) is 46.3 Å². The first-order chi connectivity index (χ1) is 5.02. The van der Waals surface area contributed by atoms with Crippen LogP contribution in [0.2, 0.25) is 0 Å². The molecule has 68 valence electrons. The predicted molar refractivity (Wildman–Crippen MR) is 48.6 cm³/mol. The second-order valence-corrected chi connectivity index (χ2v) is 3.79. The lowest BCUT2D eigenvalue weighted by Gasteiger charge is -2.16. The van der Waals surface area contributed by atoms with Gasteiger partial charge < -0.3 is 10.4 Å². The molecule has 0 aliphatic rings. The van der Waals surface area contributed by atoms with Crippen LogP contribution in [0.15, 0.2) is 0 Å². The Morgan fingerprint density at radius 3 is 2.09 bits per heavy atom. The molecule has 0 aromatic rings. The van der Waals surface area contributed by atoms with Gasteiger partial charge in [0.05, 0.1) is 6.10 Å². The zero-order valence-corrected chi connectivity index (χ0v) is 8.09. The first-order valence-electron chi connectivity index (χ1n) is 4.43. The second kappa shape index (κ2) is 5.56. The smallest absolute Gasteiger partial charge is 0.0636 e. The molecule has 2 nitrogen and oxygen atoms in total. The van der Waals surface area contributed by atoms with Crippen LogP contribution in [-0.4, -0.2) is 23.8 Å². The quantitative estimate of drug-likeness (QED) is 0.635. The minimum atomic E-state index is -0.232. The normalized spacial score (nSPS) is 16.9. The van der Waals surface area contributed by atoms with E-state index in [1.807, 2.05) is 0 Å². The van der Waals surface area contributed by atoms with Crippen molar-refractivity contribution in [3.63, 3.8) is 0 Å². The third-order valence-electron chi connectivity index (χ3n) is 1.59. The Hall–Kier alpha value is -0.0800. The molecule has 0 aromatic heterocycles. The minimum Gasteiger partial charge on any atom is -0.392 e. The number of hydrogen-bond acceptors (Lipinski definition) is 2. The van der Waals surface area contributed by atoms with Gasteiger partial charge in [-0.2, -0.15) is 0 Å². The molecule has 2 atom stereocenters. The van der Waals surface area contributed by atoms with E-state index < -0.39 is 0 Å². The van der Waals surface area contributed by atoms with E-state index in [9.17, 15) is 0 Å². The number of aliphatic hydroxyl groups excluding tert-OH is 1. The number of aliphatic hydroxyl groups is 1. The average Bonchev–Trinajstić information content (AvgIpc) is 1.82. The topological polar surface area (TPSA) is 32.3 Å². The summed E-state index contributed by atoms with van der Waals surface area (Å²) in [6, 6.07) is 0.518. The molecular weight excluding hydrogens is 138 g/mol. The predicted octanol–water partition coefficient (Wildman–Crippen LogP) is 1.39. The van der Waals surface area contributed by atoms with Gasteiger partial charge in [0.2, 0.25) is 0 Å². The summed E-state index contributed by atoms with van der Waals surface area (Å²) in [4.78, 5) is 0. The summed E-state index contributed by atoms with van der Waals surface area (Å²) in [5, 5.41) is 12.2. The van der Waals surface area contributed by atoms with E-state index in [-0.39, 0.29) is 6.10 Å². The number of nitrogens with one attached hydrogen (secondary N) is 1. The van der Waals surface area contributed by atoms with Gasteiger partial charge in [-0.15, -0.1) is 0 Å². The zero-order valence-electron chi connectivity index (χ0n) is 8.09. The van der Waals surface area contributed by atoms with Crippen molar-refractivity contribution in [3.05, 3.63) is 0 Å². The highest BCUT2D eigenvalue weighted by atomic mass is 16.3. The van der Waals surface area contributed by atoms with Crippen LogP contribution in [-0.2, 0) is 0 Å². The molecule has 0 aromatic carbocycles. The summed E-state index contributed by atoms with van der Waals surface area (Å²) in [7, 11) is 0. The molecule has 2 unspecified atom stereocenters. The summed E-state index contributed by atoms with van der Waals surface area (Å²) in [6.07, 6.45) is 0.941. The van der Waals surface area contributed by atoms with Gasteiger partial charge in [0, 0.05) is 12.6 Å².